The molecule has 0 aromatic rings. The number of halogens is 1. The first-order chi connectivity index (χ1) is 9.53. The van der Waals surface area contributed by atoms with E-state index in [9.17, 15) is 14.0 Å². The maximum atomic E-state index is 14.7. The SMILES string of the molecule is CCC(F)(NCC(=O)C(C)(CC)C(C)C)C(=O)CC(C)C. The number of ketones is 2. The Morgan fingerprint density at radius 1 is 1.05 bits per heavy atom. The molecule has 0 fully saturated rings. The van der Waals surface area contributed by atoms with E-state index in [1.807, 2.05) is 41.5 Å². The van der Waals surface area contributed by atoms with E-state index in [1.54, 1.807) is 6.92 Å². The molecule has 0 aromatic heterocycles. The van der Waals surface area contributed by atoms with Crippen LogP contribution in [0.25, 0.3) is 0 Å². The van der Waals surface area contributed by atoms with Crippen LogP contribution in [0.15, 0.2) is 0 Å². The maximum Gasteiger partial charge on any atom is 0.220 e. The fourth-order valence-corrected chi connectivity index (χ4v) is 2.30. The van der Waals surface area contributed by atoms with E-state index in [1.165, 1.54) is 0 Å². The van der Waals surface area contributed by atoms with Crippen LogP contribution in [0.3, 0.4) is 0 Å². The minimum Gasteiger partial charge on any atom is -0.298 e. The molecule has 124 valence electrons. The Morgan fingerprint density at radius 2 is 1.57 bits per heavy atom. The molecule has 21 heavy (non-hydrogen) atoms. The van der Waals surface area contributed by atoms with Crippen molar-refractivity contribution in [2.45, 2.75) is 73.5 Å². The van der Waals surface area contributed by atoms with E-state index in [2.05, 4.69) is 5.32 Å². The average Bonchev–Trinajstić information content (AvgIpc) is 2.42. The molecule has 0 bridgehead atoms. The van der Waals surface area contributed by atoms with Gasteiger partial charge in [0.15, 0.2) is 11.6 Å². The number of alkyl halides is 1. The van der Waals surface area contributed by atoms with Gasteiger partial charge < -0.3 is 0 Å². The van der Waals surface area contributed by atoms with Crippen LogP contribution in [0, 0.1) is 17.3 Å². The third kappa shape index (κ3) is 5.17. The van der Waals surface area contributed by atoms with Gasteiger partial charge in [-0.2, -0.15) is 0 Å². The third-order valence-electron chi connectivity index (χ3n) is 4.70. The summed E-state index contributed by atoms with van der Waals surface area (Å²) in [5.74, 6) is -2.30. The number of nitrogens with one attached hydrogen (secondary N) is 1. The highest BCUT2D eigenvalue weighted by atomic mass is 19.1. The normalized spacial score (nSPS) is 17.6. The number of hydrogen-bond donors (Lipinski definition) is 1. The molecular formula is C17H32FNO2. The number of hydrogen-bond acceptors (Lipinski definition) is 3. The van der Waals surface area contributed by atoms with Crippen LogP contribution < -0.4 is 5.32 Å². The van der Waals surface area contributed by atoms with Crippen LogP contribution in [0.2, 0.25) is 0 Å². The van der Waals surface area contributed by atoms with Crippen LogP contribution in [0.1, 0.15) is 67.7 Å². The summed E-state index contributed by atoms with van der Waals surface area (Å²) >= 11 is 0. The van der Waals surface area contributed by atoms with Gasteiger partial charge in [-0.1, -0.05) is 48.5 Å². The van der Waals surface area contributed by atoms with Crippen LogP contribution in [-0.4, -0.2) is 23.9 Å². The second-order valence-electron chi connectivity index (χ2n) is 6.88. The van der Waals surface area contributed by atoms with Crippen molar-refractivity contribution in [3.05, 3.63) is 0 Å². The van der Waals surface area contributed by atoms with E-state index < -0.39 is 17.0 Å². The molecule has 0 aliphatic rings. The van der Waals surface area contributed by atoms with Gasteiger partial charge in [-0.3, -0.25) is 14.9 Å². The standard InChI is InChI=1S/C17H32FNO2/c1-8-16(7,13(5)6)15(21)11-19-17(18,9-2)14(20)10-12(3)4/h12-13,19H,8-11H2,1-7H3. The van der Waals surface area contributed by atoms with Crippen molar-refractivity contribution in [3.63, 3.8) is 0 Å². The highest BCUT2D eigenvalue weighted by Crippen LogP contribution is 2.32. The topological polar surface area (TPSA) is 46.2 Å². The van der Waals surface area contributed by atoms with Crippen LogP contribution in [0.4, 0.5) is 4.39 Å². The lowest BCUT2D eigenvalue weighted by Gasteiger charge is -2.33. The Hall–Kier alpha value is -0.770. The summed E-state index contributed by atoms with van der Waals surface area (Å²) in [4.78, 5) is 24.4. The lowest BCUT2D eigenvalue weighted by atomic mass is 9.73. The van der Waals surface area contributed by atoms with E-state index in [0.29, 0.717) is 6.42 Å². The van der Waals surface area contributed by atoms with Gasteiger partial charge in [0.25, 0.3) is 0 Å². The summed E-state index contributed by atoms with van der Waals surface area (Å²) in [6, 6.07) is 0. The summed E-state index contributed by atoms with van der Waals surface area (Å²) in [5, 5.41) is 2.58. The largest absolute Gasteiger partial charge is 0.298 e. The van der Waals surface area contributed by atoms with Crippen LogP contribution >= 0.6 is 0 Å². The monoisotopic (exact) mass is 301 g/mol. The van der Waals surface area contributed by atoms with Crippen LogP contribution in [0.5, 0.6) is 0 Å². The van der Waals surface area contributed by atoms with E-state index in [4.69, 9.17) is 0 Å². The molecule has 0 spiro atoms. The van der Waals surface area contributed by atoms with Gasteiger partial charge in [-0.05, 0) is 24.7 Å². The molecule has 3 nitrogen and oxygen atoms in total. The van der Waals surface area contributed by atoms with Crippen molar-refractivity contribution in [1.29, 1.82) is 0 Å². The van der Waals surface area contributed by atoms with Gasteiger partial charge >= 0.3 is 0 Å². The molecule has 0 rings (SSSR count). The Labute approximate surface area is 129 Å². The van der Waals surface area contributed by atoms with Crippen molar-refractivity contribution in [1.82, 2.24) is 5.32 Å². The zero-order valence-electron chi connectivity index (χ0n) is 14.7. The highest BCUT2D eigenvalue weighted by molar-refractivity contribution is 5.90. The molecule has 0 aromatic carbocycles. The second-order valence-corrected chi connectivity index (χ2v) is 6.88. The Bertz CT molecular complexity index is 368. The fourth-order valence-electron chi connectivity index (χ4n) is 2.30. The Morgan fingerprint density at radius 3 is 1.90 bits per heavy atom. The molecule has 1 N–H and O–H groups in total. The fraction of sp³-hybridized carbons (Fsp3) is 0.882. The number of carbonyl (C=O) groups excluding carboxylic acids is 2. The maximum absolute atomic E-state index is 14.7. The number of Topliss-reactive ketones (excluding diaryl/α,β-unsaturated/α-hetero) is 2. The van der Waals surface area contributed by atoms with E-state index in [0.717, 1.165) is 0 Å². The van der Waals surface area contributed by atoms with Gasteiger partial charge in [0.1, 0.15) is 0 Å². The highest BCUT2D eigenvalue weighted by Gasteiger charge is 2.39. The van der Waals surface area contributed by atoms with Gasteiger partial charge in [-0.15, -0.1) is 0 Å². The predicted octanol–water partition coefficient (Wildman–Crippen LogP) is 3.91. The van der Waals surface area contributed by atoms with Crippen molar-refractivity contribution in [2.24, 2.45) is 17.3 Å². The summed E-state index contributed by atoms with van der Waals surface area (Å²) in [7, 11) is 0. The van der Waals surface area contributed by atoms with Crippen LogP contribution in [-0.2, 0) is 9.59 Å². The molecule has 0 aliphatic carbocycles. The van der Waals surface area contributed by atoms with Gasteiger partial charge in [0, 0.05) is 11.8 Å². The third-order valence-corrected chi connectivity index (χ3v) is 4.70. The number of carbonyl (C=O) groups is 2. The average molecular weight is 301 g/mol. The molecule has 0 amide bonds. The quantitative estimate of drug-likeness (QED) is 0.622. The van der Waals surface area contributed by atoms with E-state index in [-0.39, 0.29) is 37.0 Å². The molecule has 0 saturated carbocycles. The number of rotatable bonds is 10. The molecule has 0 radical (unpaired) electrons. The van der Waals surface area contributed by atoms with Crippen molar-refractivity contribution in [3.8, 4) is 0 Å². The van der Waals surface area contributed by atoms with E-state index >= 15 is 0 Å². The van der Waals surface area contributed by atoms with Crippen molar-refractivity contribution < 1.29 is 14.0 Å². The molecule has 0 saturated heterocycles. The van der Waals surface area contributed by atoms with Gasteiger partial charge in [-0.25, -0.2) is 4.39 Å². The first kappa shape index (κ1) is 20.2. The summed E-state index contributed by atoms with van der Waals surface area (Å²) < 4.78 is 14.7. The lowest BCUT2D eigenvalue weighted by molar-refractivity contribution is -0.136. The van der Waals surface area contributed by atoms with Gasteiger partial charge in [0.05, 0.1) is 6.54 Å². The zero-order chi connectivity index (χ0) is 16.8. The molecule has 0 aliphatic heterocycles. The second kappa shape index (κ2) is 8.02. The molecule has 2 atom stereocenters. The molecular weight excluding hydrogens is 269 g/mol. The first-order valence-corrected chi connectivity index (χ1v) is 8.04. The zero-order valence-corrected chi connectivity index (χ0v) is 14.7. The van der Waals surface area contributed by atoms with Crippen molar-refractivity contribution in [2.75, 3.05) is 6.54 Å². The summed E-state index contributed by atoms with van der Waals surface area (Å²) in [5.41, 5.74) is -0.483. The molecule has 0 heterocycles. The summed E-state index contributed by atoms with van der Waals surface area (Å²) in [6.07, 6.45) is 0.924. The Balaban J connectivity index is 4.87. The summed E-state index contributed by atoms with van der Waals surface area (Å²) in [6.45, 7) is 13.1. The molecule has 4 heteroatoms. The minimum atomic E-state index is -2.09. The minimum absolute atomic E-state index is 0.0344. The van der Waals surface area contributed by atoms with Gasteiger partial charge in [0.2, 0.25) is 5.79 Å². The predicted molar refractivity (Wildman–Crippen MR) is 84.8 cm³/mol. The molecule has 2 unspecified atom stereocenters. The lowest BCUT2D eigenvalue weighted by Crippen LogP contribution is -2.52. The smallest absolute Gasteiger partial charge is 0.220 e. The Kier molecular flexibility index (Phi) is 7.73. The van der Waals surface area contributed by atoms with Crippen molar-refractivity contribution >= 4 is 11.6 Å². The first-order valence-electron chi connectivity index (χ1n) is 8.04.